The van der Waals surface area contributed by atoms with Gasteiger partial charge in [0.05, 0.1) is 6.61 Å². The van der Waals surface area contributed by atoms with Crippen LogP contribution in [0.1, 0.15) is 24.8 Å². The molecule has 122 valence electrons. The van der Waals surface area contributed by atoms with Gasteiger partial charge in [0.2, 0.25) is 0 Å². The molecule has 2 N–H and O–H groups in total. The predicted molar refractivity (Wildman–Crippen MR) is 88.1 cm³/mol. The van der Waals surface area contributed by atoms with Gasteiger partial charge in [-0.15, -0.1) is 0 Å². The summed E-state index contributed by atoms with van der Waals surface area (Å²) in [6.07, 6.45) is 3.28. The Morgan fingerprint density at radius 2 is 2.23 bits per heavy atom. The zero-order valence-electron chi connectivity index (χ0n) is 12.9. The van der Waals surface area contributed by atoms with Crippen LogP contribution in [0.4, 0.5) is 4.79 Å². The molecule has 3 heterocycles. The number of ether oxygens (including phenoxy) is 1. The summed E-state index contributed by atoms with van der Waals surface area (Å²) < 4.78 is 5.44. The van der Waals surface area contributed by atoms with E-state index in [2.05, 4.69) is 20.9 Å². The average molecular weight is 323 g/mol. The Hall–Kier alpha value is -1.11. The zero-order chi connectivity index (χ0) is 15.2. The Morgan fingerprint density at radius 3 is 2.91 bits per heavy atom. The summed E-state index contributed by atoms with van der Waals surface area (Å²) in [5.74, 6) is 0.707. The molecule has 6 heteroatoms. The van der Waals surface area contributed by atoms with Gasteiger partial charge in [-0.25, -0.2) is 4.79 Å². The van der Waals surface area contributed by atoms with Crippen LogP contribution in [0.25, 0.3) is 0 Å². The van der Waals surface area contributed by atoms with Crippen molar-refractivity contribution in [3.05, 3.63) is 22.4 Å². The van der Waals surface area contributed by atoms with Crippen molar-refractivity contribution in [1.82, 2.24) is 15.5 Å². The number of rotatable bonds is 5. The average Bonchev–Trinajstić information content (AvgIpc) is 3.20. The van der Waals surface area contributed by atoms with Gasteiger partial charge in [-0.3, -0.25) is 0 Å². The van der Waals surface area contributed by atoms with Gasteiger partial charge in [-0.2, -0.15) is 11.3 Å². The van der Waals surface area contributed by atoms with Crippen LogP contribution < -0.4 is 10.6 Å². The highest BCUT2D eigenvalue weighted by atomic mass is 32.1. The molecule has 2 aliphatic heterocycles. The highest BCUT2D eigenvalue weighted by Gasteiger charge is 2.24. The van der Waals surface area contributed by atoms with E-state index in [0.29, 0.717) is 18.5 Å². The molecular formula is C16H25N3O2S. The lowest BCUT2D eigenvalue weighted by Gasteiger charge is -2.33. The predicted octanol–water partition coefficient (Wildman–Crippen LogP) is 2.05. The monoisotopic (exact) mass is 323 g/mol. The van der Waals surface area contributed by atoms with Gasteiger partial charge in [0, 0.05) is 38.8 Å². The number of amides is 2. The fourth-order valence-electron chi connectivity index (χ4n) is 3.16. The number of urea groups is 1. The first-order valence-electron chi connectivity index (χ1n) is 8.15. The van der Waals surface area contributed by atoms with Crippen molar-refractivity contribution >= 4 is 17.4 Å². The summed E-state index contributed by atoms with van der Waals surface area (Å²) in [4.78, 5) is 14.4. The summed E-state index contributed by atoms with van der Waals surface area (Å²) in [5, 5.41) is 10.1. The third kappa shape index (κ3) is 4.69. The van der Waals surface area contributed by atoms with E-state index in [1.165, 1.54) is 6.42 Å². The number of nitrogens with one attached hydrogen (secondary N) is 2. The molecule has 0 aromatic carbocycles. The van der Waals surface area contributed by atoms with Crippen LogP contribution in [-0.4, -0.2) is 49.8 Å². The maximum atomic E-state index is 11.9. The molecule has 0 unspecified atom stereocenters. The minimum absolute atomic E-state index is 0.0474. The molecule has 0 spiro atoms. The summed E-state index contributed by atoms with van der Waals surface area (Å²) in [5.41, 5.74) is 1.16. The van der Waals surface area contributed by atoms with Gasteiger partial charge < -0.3 is 20.3 Å². The molecule has 1 atom stereocenters. The van der Waals surface area contributed by atoms with E-state index in [-0.39, 0.29) is 6.03 Å². The van der Waals surface area contributed by atoms with Gasteiger partial charge >= 0.3 is 6.03 Å². The zero-order valence-corrected chi connectivity index (χ0v) is 13.7. The minimum Gasteiger partial charge on any atom is -0.381 e. The van der Waals surface area contributed by atoms with Crippen molar-refractivity contribution < 1.29 is 9.53 Å². The van der Waals surface area contributed by atoms with E-state index in [0.717, 1.165) is 51.3 Å². The van der Waals surface area contributed by atoms with Crippen molar-refractivity contribution in [3.8, 4) is 0 Å². The summed E-state index contributed by atoms with van der Waals surface area (Å²) in [6, 6.07) is 2.29. The number of thiophene rings is 1. The lowest BCUT2D eigenvalue weighted by Crippen LogP contribution is -2.48. The molecule has 22 heavy (non-hydrogen) atoms. The van der Waals surface area contributed by atoms with Crippen molar-refractivity contribution in [2.45, 2.75) is 31.8 Å². The lowest BCUT2D eigenvalue weighted by molar-refractivity contribution is 0.148. The fourth-order valence-corrected chi connectivity index (χ4v) is 3.83. The Labute approximate surface area is 136 Å². The molecule has 0 aliphatic carbocycles. The van der Waals surface area contributed by atoms with E-state index < -0.39 is 0 Å². The fraction of sp³-hybridized carbons (Fsp3) is 0.688. The lowest BCUT2D eigenvalue weighted by atomic mass is 10.0. The number of nitrogens with zero attached hydrogens (tertiary/aromatic N) is 1. The van der Waals surface area contributed by atoms with Crippen LogP contribution in [0.15, 0.2) is 16.8 Å². The second kappa shape index (κ2) is 7.94. The largest absolute Gasteiger partial charge is 0.381 e. The van der Waals surface area contributed by atoms with Crippen molar-refractivity contribution in [2.24, 2.45) is 5.92 Å². The van der Waals surface area contributed by atoms with E-state index in [1.54, 1.807) is 11.3 Å². The number of likely N-dealkylation sites (tertiary alicyclic amines) is 1. The third-order valence-electron chi connectivity index (χ3n) is 4.50. The molecule has 3 rings (SSSR count). The molecule has 1 aromatic heterocycles. The van der Waals surface area contributed by atoms with Crippen LogP contribution >= 0.6 is 11.3 Å². The number of carbonyl (C=O) groups excluding carboxylic acids is 1. The van der Waals surface area contributed by atoms with Gasteiger partial charge in [0.1, 0.15) is 0 Å². The van der Waals surface area contributed by atoms with Crippen LogP contribution in [0, 0.1) is 5.92 Å². The SMILES string of the molecule is O=C(NCc1ccsc1)NC1CCN(C[C@H]2CCOC2)CC1. The van der Waals surface area contributed by atoms with Gasteiger partial charge in [-0.1, -0.05) is 0 Å². The highest BCUT2D eigenvalue weighted by molar-refractivity contribution is 7.07. The molecule has 5 nitrogen and oxygen atoms in total. The van der Waals surface area contributed by atoms with Crippen molar-refractivity contribution in [2.75, 3.05) is 32.8 Å². The summed E-state index contributed by atoms with van der Waals surface area (Å²) in [7, 11) is 0. The molecule has 2 saturated heterocycles. The molecule has 0 radical (unpaired) electrons. The van der Waals surface area contributed by atoms with Crippen LogP contribution in [0.2, 0.25) is 0 Å². The first-order valence-corrected chi connectivity index (χ1v) is 9.09. The topological polar surface area (TPSA) is 53.6 Å². The Kier molecular flexibility index (Phi) is 5.70. The maximum Gasteiger partial charge on any atom is 0.315 e. The number of hydrogen-bond acceptors (Lipinski definition) is 4. The van der Waals surface area contributed by atoms with Crippen LogP contribution in [0.5, 0.6) is 0 Å². The first kappa shape index (κ1) is 15.8. The van der Waals surface area contributed by atoms with Crippen LogP contribution in [0.3, 0.4) is 0 Å². The van der Waals surface area contributed by atoms with E-state index >= 15 is 0 Å². The standard InChI is InChI=1S/C16H25N3O2S/c20-16(17-9-13-4-8-22-12-13)18-15-1-5-19(6-2-15)10-14-3-7-21-11-14/h4,8,12,14-15H,1-3,5-7,9-11H2,(H2,17,18,20)/t14-/m1/s1. The van der Waals surface area contributed by atoms with Crippen molar-refractivity contribution in [1.29, 1.82) is 0 Å². The Morgan fingerprint density at radius 1 is 1.36 bits per heavy atom. The smallest absolute Gasteiger partial charge is 0.315 e. The van der Waals surface area contributed by atoms with Gasteiger partial charge in [0.25, 0.3) is 0 Å². The molecular weight excluding hydrogens is 298 g/mol. The van der Waals surface area contributed by atoms with E-state index in [4.69, 9.17) is 4.74 Å². The molecule has 1 aromatic rings. The second-order valence-corrected chi connectivity index (χ2v) is 7.04. The van der Waals surface area contributed by atoms with E-state index in [1.807, 2.05) is 11.4 Å². The highest BCUT2D eigenvalue weighted by Crippen LogP contribution is 2.17. The van der Waals surface area contributed by atoms with E-state index in [9.17, 15) is 4.79 Å². The van der Waals surface area contributed by atoms with Gasteiger partial charge in [-0.05, 0) is 47.6 Å². The number of piperidine rings is 1. The summed E-state index contributed by atoms with van der Waals surface area (Å²) >= 11 is 1.65. The normalized spacial score (nSPS) is 23.5. The quantitative estimate of drug-likeness (QED) is 0.872. The first-order chi connectivity index (χ1) is 10.8. The Bertz CT molecular complexity index is 452. The second-order valence-electron chi connectivity index (χ2n) is 6.26. The molecule has 0 saturated carbocycles. The van der Waals surface area contributed by atoms with Crippen LogP contribution in [-0.2, 0) is 11.3 Å². The number of hydrogen-bond donors (Lipinski definition) is 2. The summed E-state index contributed by atoms with van der Waals surface area (Å²) in [6.45, 7) is 5.75. The third-order valence-corrected chi connectivity index (χ3v) is 5.23. The molecule has 2 amide bonds. The number of carbonyl (C=O) groups is 1. The van der Waals surface area contributed by atoms with Crippen molar-refractivity contribution in [3.63, 3.8) is 0 Å². The Balaban J connectivity index is 1.32. The molecule has 2 aliphatic rings. The van der Waals surface area contributed by atoms with Gasteiger partial charge in [0.15, 0.2) is 0 Å². The molecule has 0 bridgehead atoms. The molecule has 2 fully saturated rings. The maximum absolute atomic E-state index is 11.9. The minimum atomic E-state index is -0.0474.